The number of para-hydroxylation sites is 2. The van der Waals surface area contributed by atoms with Gasteiger partial charge >= 0.3 is 5.82 Å². The monoisotopic (exact) mass is 333 g/mol. The number of aryl methyl sites for hydroxylation is 1. The van der Waals surface area contributed by atoms with Crippen molar-refractivity contribution in [3.63, 3.8) is 0 Å². The summed E-state index contributed by atoms with van der Waals surface area (Å²) < 4.78 is 8.30. The van der Waals surface area contributed by atoms with Gasteiger partial charge in [-0.3, -0.25) is 0 Å². The lowest BCUT2D eigenvalue weighted by atomic mass is 10.3. The van der Waals surface area contributed by atoms with Crippen molar-refractivity contribution in [3.8, 4) is 11.4 Å². The summed E-state index contributed by atoms with van der Waals surface area (Å²) in [5.41, 5.74) is 0.632. The number of hydrogen-bond acceptors (Lipinski definition) is 8. The van der Waals surface area contributed by atoms with Crippen LogP contribution in [0.2, 0.25) is 0 Å². The molecule has 0 unspecified atom stereocenters. The van der Waals surface area contributed by atoms with E-state index in [4.69, 9.17) is 4.74 Å². The molecule has 0 saturated carbocycles. The van der Waals surface area contributed by atoms with Gasteiger partial charge in [0.15, 0.2) is 5.03 Å². The van der Waals surface area contributed by atoms with Crippen LogP contribution in [0.3, 0.4) is 0 Å². The number of ether oxygens (including phenoxy) is 1. The van der Waals surface area contributed by atoms with Gasteiger partial charge in [0.25, 0.3) is 0 Å². The molecular formula is C12H11N7O3S. The van der Waals surface area contributed by atoms with Crippen molar-refractivity contribution >= 4 is 17.6 Å². The molecule has 0 bridgehead atoms. The second-order valence-corrected chi connectivity index (χ2v) is 5.34. The molecule has 0 aliphatic heterocycles. The van der Waals surface area contributed by atoms with Crippen LogP contribution >= 0.6 is 11.8 Å². The normalized spacial score (nSPS) is 10.7. The zero-order valence-electron chi connectivity index (χ0n) is 12.2. The minimum absolute atomic E-state index is 0.243. The Bertz CT molecular complexity index is 860. The fourth-order valence-electron chi connectivity index (χ4n) is 1.93. The largest absolute Gasteiger partial charge is 0.494 e. The maximum absolute atomic E-state index is 11.1. The van der Waals surface area contributed by atoms with Crippen molar-refractivity contribution in [1.29, 1.82) is 0 Å². The molecule has 0 radical (unpaired) electrons. The van der Waals surface area contributed by atoms with E-state index in [9.17, 15) is 10.1 Å². The molecule has 2 aromatic heterocycles. The van der Waals surface area contributed by atoms with Crippen LogP contribution < -0.4 is 4.74 Å². The Hall–Kier alpha value is -2.95. The molecule has 10 nitrogen and oxygen atoms in total. The summed E-state index contributed by atoms with van der Waals surface area (Å²) in [6.07, 6.45) is 1.37. The number of benzene rings is 1. The van der Waals surface area contributed by atoms with Crippen molar-refractivity contribution < 1.29 is 9.66 Å². The number of tetrazole rings is 1. The smallest absolute Gasteiger partial charge is 0.396 e. The van der Waals surface area contributed by atoms with Gasteiger partial charge in [0.2, 0.25) is 11.5 Å². The summed E-state index contributed by atoms with van der Waals surface area (Å²) >= 11 is 1.05. The Kier molecular flexibility index (Phi) is 3.93. The number of aromatic nitrogens is 6. The molecule has 0 spiro atoms. The van der Waals surface area contributed by atoms with Crippen molar-refractivity contribution in [3.05, 3.63) is 40.7 Å². The van der Waals surface area contributed by atoms with E-state index in [1.54, 1.807) is 30.9 Å². The van der Waals surface area contributed by atoms with Crippen molar-refractivity contribution in [2.24, 2.45) is 7.05 Å². The van der Waals surface area contributed by atoms with Gasteiger partial charge in [-0.05, 0) is 44.2 Å². The van der Waals surface area contributed by atoms with Crippen LogP contribution in [0.25, 0.3) is 5.69 Å². The average molecular weight is 333 g/mol. The molecule has 23 heavy (non-hydrogen) atoms. The van der Waals surface area contributed by atoms with Gasteiger partial charge in [-0.15, -0.1) is 5.10 Å². The summed E-state index contributed by atoms with van der Waals surface area (Å²) in [4.78, 5) is 14.3. The minimum Gasteiger partial charge on any atom is -0.494 e. The second-order valence-electron chi connectivity index (χ2n) is 4.39. The maximum atomic E-state index is 11.1. The predicted octanol–water partition coefficient (Wildman–Crippen LogP) is 1.46. The summed E-state index contributed by atoms with van der Waals surface area (Å²) in [6, 6.07) is 7.21. The van der Waals surface area contributed by atoms with Gasteiger partial charge in [-0.1, -0.05) is 12.1 Å². The number of imidazole rings is 1. The van der Waals surface area contributed by atoms with Crippen LogP contribution in [0, 0.1) is 10.1 Å². The Morgan fingerprint density at radius 2 is 2.13 bits per heavy atom. The van der Waals surface area contributed by atoms with Crippen molar-refractivity contribution in [2.75, 3.05) is 7.11 Å². The van der Waals surface area contributed by atoms with E-state index in [0.717, 1.165) is 11.8 Å². The molecular weight excluding hydrogens is 322 g/mol. The number of nitrogens with zero attached hydrogens (tertiary/aromatic N) is 7. The lowest BCUT2D eigenvalue weighted by Gasteiger charge is -2.08. The topological polar surface area (TPSA) is 114 Å². The van der Waals surface area contributed by atoms with Gasteiger partial charge < -0.3 is 19.4 Å². The molecule has 3 aromatic rings. The molecule has 0 fully saturated rings. The first-order chi connectivity index (χ1) is 11.1. The molecule has 11 heteroatoms. The van der Waals surface area contributed by atoms with E-state index in [-0.39, 0.29) is 5.82 Å². The molecule has 3 rings (SSSR count). The number of rotatable bonds is 5. The fraction of sp³-hybridized carbons (Fsp3) is 0.167. The zero-order valence-corrected chi connectivity index (χ0v) is 13.0. The SMILES string of the molecule is COc1ccccc1-n1nnnc1Sc1c([N+](=O)[O-])ncn1C. The van der Waals surface area contributed by atoms with Gasteiger partial charge in [0.05, 0.1) is 7.11 Å². The third kappa shape index (κ3) is 2.73. The zero-order chi connectivity index (χ0) is 16.4. The Morgan fingerprint density at radius 3 is 2.87 bits per heavy atom. The van der Waals surface area contributed by atoms with Crippen LogP contribution in [-0.4, -0.2) is 41.8 Å². The average Bonchev–Trinajstić information content (AvgIpc) is 3.15. The molecule has 2 heterocycles. The standard InChI is InChI=1S/C12H11N7O3S/c1-17-7-13-10(19(20)21)11(17)23-12-14-15-16-18(12)8-5-3-4-6-9(8)22-2/h3-7H,1-2H3. The Balaban J connectivity index is 2.03. The van der Waals surface area contributed by atoms with Gasteiger partial charge in [0.1, 0.15) is 11.4 Å². The number of methoxy groups -OCH3 is 1. The second kappa shape index (κ2) is 6.04. The summed E-state index contributed by atoms with van der Waals surface area (Å²) in [5.74, 6) is 0.341. The Labute approximate surface area is 134 Å². The quantitative estimate of drug-likeness (QED) is 0.509. The van der Waals surface area contributed by atoms with Crippen molar-refractivity contribution in [1.82, 2.24) is 29.8 Å². The van der Waals surface area contributed by atoms with E-state index in [1.807, 2.05) is 12.1 Å². The van der Waals surface area contributed by atoms with Gasteiger partial charge in [-0.2, -0.15) is 4.68 Å². The first-order valence-corrected chi connectivity index (χ1v) is 7.18. The van der Waals surface area contributed by atoms with E-state index >= 15 is 0 Å². The van der Waals surface area contributed by atoms with Gasteiger partial charge in [-0.25, -0.2) is 0 Å². The van der Waals surface area contributed by atoms with E-state index in [1.165, 1.54) is 11.0 Å². The van der Waals surface area contributed by atoms with E-state index < -0.39 is 4.92 Å². The molecule has 0 aliphatic carbocycles. The summed E-state index contributed by atoms with van der Waals surface area (Å²) in [5, 5.41) is 23.3. The predicted molar refractivity (Wildman–Crippen MR) is 79.7 cm³/mol. The third-order valence-electron chi connectivity index (χ3n) is 2.98. The molecule has 0 atom stereocenters. The number of hydrogen-bond donors (Lipinski definition) is 0. The fourth-order valence-corrected chi connectivity index (χ4v) is 2.82. The van der Waals surface area contributed by atoms with Crippen LogP contribution in [0.1, 0.15) is 0 Å². The van der Waals surface area contributed by atoms with Crippen LogP contribution in [0.4, 0.5) is 5.82 Å². The molecule has 0 saturated heterocycles. The highest BCUT2D eigenvalue weighted by atomic mass is 32.2. The van der Waals surface area contributed by atoms with Crippen molar-refractivity contribution in [2.45, 2.75) is 10.2 Å². The minimum atomic E-state index is -0.542. The number of nitro groups is 1. The third-order valence-corrected chi connectivity index (χ3v) is 4.08. The van der Waals surface area contributed by atoms with E-state index in [0.29, 0.717) is 21.6 Å². The van der Waals surface area contributed by atoms with Crippen LogP contribution in [-0.2, 0) is 7.05 Å². The Morgan fingerprint density at radius 1 is 1.35 bits per heavy atom. The lowest BCUT2D eigenvalue weighted by molar-refractivity contribution is -0.392. The first-order valence-electron chi connectivity index (χ1n) is 6.37. The first kappa shape index (κ1) is 15.0. The highest BCUT2D eigenvalue weighted by Crippen LogP contribution is 2.34. The van der Waals surface area contributed by atoms with Gasteiger partial charge in [0, 0.05) is 7.05 Å². The van der Waals surface area contributed by atoms with Crippen LogP contribution in [0.15, 0.2) is 40.8 Å². The molecule has 118 valence electrons. The lowest BCUT2D eigenvalue weighted by Crippen LogP contribution is -2.02. The highest BCUT2D eigenvalue weighted by molar-refractivity contribution is 7.99. The molecule has 0 N–H and O–H groups in total. The summed E-state index contributed by atoms with van der Waals surface area (Å²) in [6.45, 7) is 0. The molecule has 1 aromatic carbocycles. The summed E-state index contributed by atoms with van der Waals surface area (Å²) in [7, 11) is 3.21. The molecule has 0 amide bonds. The van der Waals surface area contributed by atoms with Crippen LogP contribution in [0.5, 0.6) is 5.75 Å². The maximum Gasteiger partial charge on any atom is 0.396 e. The molecule has 0 aliphatic rings. The van der Waals surface area contributed by atoms with E-state index in [2.05, 4.69) is 20.5 Å². The highest BCUT2D eigenvalue weighted by Gasteiger charge is 2.24.